The van der Waals surface area contributed by atoms with E-state index < -0.39 is 10.0 Å². The molecule has 1 heterocycles. The largest absolute Gasteiger partial charge is 0.496 e. The molecule has 0 bridgehead atoms. The highest BCUT2D eigenvalue weighted by atomic mass is 32.2. The molecule has 0 aliphatic carbocycles. The van der Waals surface area contributed by atoms with E-state index in [0.29, 0.717) is 11.3 Å². The minimum absolute atomic E-state index is 0.0305. The second-order valence-corrected chi connectivity index (χ2v) is 6.88. The Morgan fingerprint density at radius 1 is 1.27 bits per heavy atom. The van der Waals surface area contributed by atoms with Gasteiger partial charge >= 0.3 is 0 Å². The van der Waals surface area contributed by atoms with Crippen LogP contribution in [0, 0.1) is 6.92 Å². The van der Waals surface area contributed by atoms with E-state index in [1.54, 1.807) is 31.4 Å². The van der Waals surface area contributed by atoms with E-state index in [9.17, 15) is 8.42 Å². The summed E-state index contributed by atoms with van der Waals surface area (Å²) in [6.45, 7) is 5.68. The van der Waals surface area contributed by atoms with Gasteiger partial charge in [0.1, 0.15) is 5.75 Å². The smallest absolute Gasteiger partial charge is 0.263 e. The maximum atomic E-state index is 12.7. The molecular weight excluding hydrogens is 302 g/mol. The van der Waals surface area contributed by atoms with Crippen molar-refractivity contribution in [2.24, 2.45) is 0 Å². The average molecular weight is 321 g/mol. The summed E-state index contributed by atoms with van der Waals surface area (Å²) in [5.74, 6) is 0.885. The summed E-state index contributed by atoms with van der Waals surface area (Å²) >= 11 is 0. The van der Waals surface area contributed by atoms with Crippen molar-refractivity contribution in [2.75, 3.05) is 11.8 Å². The molecule has 1 aromatic heterocycles. The fourth-order valence-electron chi connectivity index (χ4n) is 2.13. The van der Waals surface area contributed by atoms with Crippen molar-refractivity contribution in [2.45, 2.75) is 31.6 Å². The third-order valence-electron chi connectivity index (χ3n) is 3.25. The molecule has 0 fully saturated rings. The summed E-state index contributed by atoms with van der Waals surface area (Å²) in [5, 5.41) is 7.42. The SMILES string of the molecule is COc1cc(C(C)C)c(S(=O)(=O)Nc2cccnn2)cc1C. The summed E-state index contributed by atoms with van der Waals surface area (Å²) in [6.07, 6.45) is 1.48. The lowest BCUT2D eigenvalue weighted by Gasteiger charge is -2.17. The number of ether oxygens (including phenoxy) is 1. The molecule has 118 valence electrons. The normalized spacial score (nSPS) is 11.5. The zero-order valence-electron chi connectivity index (χ0n) is 13.0. The molecule has 0 saturated heterocycles. The second kappa shape index (κ2) is 6.31. The van der Waals surface area contributed by atoms with E-state index in [1.807, 2.05) is 20.8 Å². The van der Waals surface area contributed by atoms with Gasteiger partial charge in [-0.05, 0) is 48.2 Å². The predicted octanol–water partition coefficient (Wildman–Crippen LogP) is 2.72. The number of hydrogen-bond donors (Lipinski definition) is 1. The van der Waals surface area contributed by atoms with E-state index >= 15 is 0 Å². The maximum absolute atomic E-state index is 12.7. The number of aromatic nitrogens is 2. The van der Waals surface area contributed by atoms with Crippen LogP contribution >= 0.6 is 0 Å². The Kier molecular flexibility index (Phi) is 4.65. The summed E-state index contributed by atoms with van der Waals surface area (Å²) < 4.78 is 33.1. The lowest BCUT2D eigenvalue weighted by atomic mass is 10.0. The monoisotopic (exact) mass is 321 g/mol. The molecule has 7 heteroatoms. The van der Waals surface area contributed by atoms with Crippen LogP contribution in [0.25, 0.3) is 0 Å². The molecule has 0 radical (unpaired) electrons. The molecular formula is C15H19N3O3S. The molecule has 2 aromatic rings. The van der Waals surface area contributed by atoms with Crippen LogP contribution in [-0.2, 0) is 10.0 Å². The van der Waals surface area contributed by atoms with Crippen molar-refractivity contribution in [3.63, 3.8) is 0 Å². The highest BCUT2D eigenvalue weighted by Gasteiger charge is 2.22. The van der Waals surface area contributed by atoms with Gasteiger partial charge in [0, 0.05) is 6.20 Å². The number of hydrogen-bond acceptors (Lipinski definition) is 5. The van der Waals surface area contributed by atoms with Crippen LogP contribution < -0.4 is 9.46 Å². The number of nitrogens with one attached hydrogen (secondary N) is 1. The van der Waals surface area contributed by atoms with Gasteiger partial charge in [-0.1, -0.05) is 13.8 Å². The first kappa shape index (κ1) is 16.2. The van der Waals surface area contributed by atoms with Crippen molar-refractivity contribution < 1.29 is 13.2 Å². The molecule has 22 heavy (non-hydrogen) atoms. The molecule has 0 atom stereocenters. The highest BCUT2D eigenvalue weighted by Crippen LogP contribution is 2.31. The number of sulfonamides is 1. The van der Waals surface area contributed by atoms with Gasteiger partial charge in [0.05, 0.1) is 12.0 Å². The van der Waals surface area contributed by atoms with E-state index in [0.717, 1.165) is 5.56 Å². The van der Waals surface area contributed by atoms with Gasteiger partial charge in [-0.3, -0.25) is 4.72 Å². The third-order valence-corrected chi connectivity index (χ3v) is 4.66. The summed E-state index contributed by atoms with van der Waals surface area (Å²) in [5.41, 5.74) is 1.45. The molecule has 6 nitrogen and oxygen atoms in total. The Morgan fingerprint density at radius 3 is 2.55 bits per heavy atom. The predicted molar refractivity (Wildman–Crippen MR) is 84.7 cm³/mol. The molecule has 0 unspecified atom stereocenters. The zero-order valence-corrected chi connectivity index (χ0v) is 13.8. The van der Waals surface area contributed by atoms with Gasteiger partial charge in [-0.15, -0.1) is 5.10 Å². The molecule has 0 spiro atoms. The van der Waals surface area contributed by atoms with Crippen molar-refractivity contribution in [1.82, 2.24) is 10.2 Å². The van der Waals surface area contributed by atoms with Crippen LogP contribution in [0.3, 0.4) is 0 Å². The zero-order chi connectivity index (χ0) is 16.3. The second-order valence-electron chi connectivity index (χ2n) is 5.23. The lowest BCUT2D eigenvalue weighted by molar-refractivity contribution is 0.410. The summed E-state index contributed by atoms with van der Waals surface area (Å²) in [7, 11) is -2.18. The number of nitrogens with zero attached hydrogens (tertiary/aromatic N) is 2. The van der Waals surface area contributed by atoms with Gasteiger partial charge in [0.15, 0.2) is 5.82 Å². The van der Waals surface area contributed by atoms with Gasteiger partial charge in [-0.25, -0.2) is 8.42 Å². The van der Waals surface area contributed by atoms with Crippen LogP contribution in [0.5, 0.6) is 5.75 Å². The average Bonchev–Trinajstić information content (AvgIpc) is 2.47. The van der Waals surface area contributed by atoms with Crippen molar-refractivity contribution >= 4 is 15.8 Å². The number of aryl methyl sites for hydroxylation is 1. The minimum Gasteiger partial charge on any atom is -0.496 e. The van der Waals surface area contributed by atoms with Crippen LogP contribution in [0.2, 0.25) is 0 Å². The van der Waals surface area contributed by atoms with Gasteiger partial charge in [0.2, 0.25) is 0 Å². The van der Waals surface area contributed by atoms with Crippen LogP contribution in [0.4, 0.5) is 5.82 Å². The maximum Gasteiger partial charge on any atom is 0.263 e. The van der Waals surface area contributed by atoms with Gasteiger partial charge in [-0.2, -0.15) is 5.10 Å². The van der Waals surface area contributed by atoms with E-state index in [1.165, 1.54) is 6.20 Å². The van der Waals surface area contributed by atoms with E-state index in [2.05, 4.69) is 14.9 Å². The first-order valence-electron chi connectivity index (χ1n) is 6.84. The van der Waals surface area contributed by atoms with Gasteiger partial charge < -0.3 is 4.74 Å². The molecule has 0 aliphatic rings. The number of benzene rings is 1. The quantitative estimate of drug-likeness (QED) is 0.915. The van der Waals surface area contributed by atoms with Crippen LogP contribution in [-0.4, -0.2) is 25.7 Å². The number of rotatable bonds is 5. The number of methoxy groups -OCH3 is 1. The third kappa shape index (κ3) is 3.36. The topological polar surface area (TPSA) is 81.2 Å². The molecule has 1 N–H and O–H groups in total. The fraction of sp³-hybridized carbons (Fsp3) is 0.333. The minimum atomic E-state index is -3.74. The Morgan fingerprint density at radius 2 is 2.00 bits per heavy atom. The van der Waals surface area contributed by atoms with Gasteiger partial charge in [0.25, 0.3) is 10.0 Å². The lowest BCUT2D eigenvalue weighted by Crippen LogP contribution is -2.17. The Hall–Kier alpha value is -2.15. The molecule has 0 saturated carbocycles. The van der Waals surface area contributed by atoms with Crippen molar-refractivity contribution in [1.29, 1.82) is 0 Å². The molecule has 0 amide bonds. The van der Waals surface area contributed by atoms with Crippen LogP contribution in [0.15, 0.2) is 35.4 Å². The molecule has 1 aromatic carbocycles. The first-order valence-corrected chi connectivity index (χ1v) is 8.32. The van der Waals surface area contributed by atoms with Crippen LogP contribution in [0.1, 0.15) is 30.9 Å². The standard InChI is InChI=1S/C15H19N3O3S/c1-10(2)12-9-13(21-4)11(3)8-14(12)22(19,20)18-15-6-5-7-16-17-15/h5-10H,1-4H3,(H,17,18). The highest BCUT2D eigenvalue weighted by molar-refractivity contribution is 7.92. The molecule has 0 aliphatic heterocycles. The van der Waals surface area contributed by atoms with Crippen molar-refractivity contribution in [3.8, 4) is 5.75 Å². The molecule has 2 rings (SSSR count). The first-order chi connectivity index (χ1) is 10.3. The Balaban J connectivity index is 2.52. The van der Waals surface area contributed by atoms with Crippen molar-refractivity contribution in [3.05, 3.63) is 41.6 Å². The summed E-state index contributed by atoms with van der Waals surface area (Å²) in [4.78, 5) is 0.228. The van der Waals surface area contributed by atoms with E-state index in [-0.39, 0.29) is 16.6 Å². The fourth-order valence-corrected chi connectivity index (χ4v) is 3.56. The Bertz CT molecular complexity index is 759. The van der Waals surface area contributed by atoms with E-state index in [4.69, 9.17) is 4.74 Å². The Labute approximate surface area is 130 Å². The summed E-state index contributed by atoms with van der Waals surface area (Å²) in [6, 6.07) is 6.56. The number of anilines is 1.